The molecule has 2 aromatic rings. The molecule has 3 fully saturated rings. The fourth-order valence-corrected chi connectivity index (χ4v) is 4.08. The first-order valence-electron chi connectivity index (χ1n) is 7.82. The third kappa shape index (κ3) is 2.10. The zero-order valence-electron chi connectivity index (χ0n) is 11.8. The summed E-state index contributed by atoms with van der Waals surface area (Å²) in [6, 6.07) is 6.41. The van der Waals surface area contributed by atoms with Gasteiger partial charge in [0.25, 0.3) is 0 Å². The van der Waals surface area contributed by atoms with Gasteiger partial charge in [-0.1, -0.05) is 0 Å². The summed E-state index contributed by atoms with van der Waals surface area (Å²) in [5.41, 5.74) is 2.45. The van der Waals surface area contributed by atoms with E-state index in [1.807, 2.05) is 12.1 Å². The number of aromatic amines is 1. The number of rotatable bonds is 3. The van der Waals surface area contributed by atoms with Crippen LogP contribution in [-0.2, 0) is 6.42 Å². The molecule has 3 nitrogen and oxygen atoms in total. The second kappa shape index (κ2) is 4.81. The Labute approximate surface area is 119 Å². The SMILES string of the molecule is Oc1ccc2[nH]cc(CCN3CC4CCC3CC4)c2c1. The first-order chi connectivity index (χ1) is 9.79. The number of piperidine rings is 2. The van der Waals surface area contributed by atoms with Crippen LogP contribution >= 0.6 is 0 Å². The number of aromatic nitrogens is 1. The van der Waals surface area contributed by atoms with Gasteiger partial charge in [-0.15, -0.1) is 0 Å². The Hall–Kier alpha value is -1.48. The highest BCUT2D eigenvalue weighted by molar-refractivity contribution is 5.84. The summed E-state index contributed by atoms with van der Waals surface area (Å²) in [5.74, 6) is 1.31. The number of aromatic hydroxyl groups is 1. The van der Waals surface area contributed by atoms with E-state index >= 15 is 0 Å². The number of H-pyrrole nitrogens is 1. The van der Waals surface area contributed by atoms with Crippen LogP contribution < -0.4 is 0 Å². The van der Waals surface area contributed by atoms with Gasteiger partial charge in [0.05, 0.1) is 0 Å². The van der Waals surface area contributed by atoms with Crippen molar-refractivity contribution in [1.29, 1.82) is 0 Å². The minimum atomic E-state index is 0.357. The Balaban J connectivity index is 1.49. The second-order valence-electron chi connectivity index (χ2n) is 6.46. The van der Waals surface area contributed by atoms with Crippen LogP contribution in [0.25, 0.3) is 10.9 Å². The van der Waals surface area contributed by atoms with Crippen molar-refractivity contribution < 1.29 is 5.11 Å². The van der Waals surface area contributed by atoms with Gasteiger partial charge in [0.2, 0.25) is 0 Å². The Bertz CT molecular complexity index is 610. The van der Waals surface area contributed by atoms with Crippen molar-refractivity contribution in [1.82, 2.24) is 9.88 Å². The lowest BCUT2D eigenvalue weighted by molar-refractivity contribution is 0.0502. The molecule has 1 saturated carbocycles. The standard InChI is InChI=1S/C17H22N2O/c20-15-5-6-17-16(9-15)13(10-18-17)7-8-19-11-12-1-3-14(19)4-2-12/h5-6,9-10,12,14,18,20H,1-4,7-8,11H2. The maximum Gasteiger partial charge on any atom is 0.116 e. The van der Waals surface area contributed by atoms with Crippen molar-refractivity contribution >= 4 is 10.9 Å². The molecule has 2 N–H and O–H groups in total. The Morgan fingerprint density at radius 1 is 1.20 bits per heavy atom. The van der Waals surface area contributed by atoms with Crippen molar-refractivity contribution in [3.05, 3.63) is 30.0 Å². The van der Waals surface area contributed by atoms with E-state index < -0.39 is 0 Å². The highest BCUT2D eigenvalue weighted by Gasteiger charge is 2.33. The topological polar surface area (TPSA) is 39.3 Å². The molecule has 3 heteroatoms. The van der Waals surface area contributed by atoms with Crippen LogP contribution in [0, 0.1) is 5.92 Å². The van der Waals surface area contributed by atoms with Gasteiger partial charge in [-0.3, -0.25) is 4.90 Å². The molecule has 0 atom stereocenters. The van der Waals surface area contributed by atoms with Gasteiger partial charge >= 0.3 is 0 Å². The van der Waals surface area contributed by atoms with E-state index in [1.165, 1.54) is 43.2 Å². The van der Waals surface area contributed by atoms with E-state index in [4.69, 9.17) is 0 Å². The van der Waals surface area contributed by atoms with Crippen molar-refractivity contribution in [2.75, 3.05) is 13.1 Å². The molecule has 5 rings (SSSR count). The molecule has 3 heterocycles. The molecule has 0 radical (unpaired) electrons. The second-order valence-corrected chi connectivity index (χ2v) is 6.46. The van der Waals surface area contributed by atoms with Crippen LogP contribution in [0.2, 0.25) is 0 Å². The highest BCUT2D eigenvalue weighted by atomic mass is 16.3. The number of hydrogen-bond donors (Lipinski definition) is 2. The van der Waals surface area contributed by atoms with Gasteiger partial charge in [-0.2, -0.15) is 0 Å². The van der Waals surface area contributed by atoms with Gasteiger partial charge in [0.15, 0.2) is 0 Å². The summed E-state index contributed by atoms with van der Waals surface area (Å²) in [5, 5.41) is 10.8. The minimum absolute atomic E-state index is 0.357. The lowest BCUT2D eigenvalue weighted by Gasteiger charge is -2.45. The largest absolute Gasteiger partial charge is 0.508 e. The monoisotopic (exact) mass is 270 g/mol. The van der Waals surface area contributed by atoms with Gasteiger partial charge in [0.1, 0.15) is 5.75 Å². The molecule has 2 aliphatic heterocycles. The number of fused-ring (bicyclic) bond motifs is 4. The minimum Gasteiger partial charge on any atom is -0.508 e. The Morgan fingerprint density at radius 2 is 2.05 bits per heavy atom. The summed E-state index contributed by atoms with van der Waals surface area (Å²) < 4.78 is 0. The number of phenols is 1. The van der Waals surface area contributed by atoms with E-state index in [1.54, 1.807) is 6.07 Å². The zero-order chi connectivity index (χ0) is 13.5. The highest BCUT2D eigenvalue weighted by Crippen LogP contribution is 2.35. The molecular weight excluding hydrogens is 248 g/mol. The van der Waals surface area contributed by atoms with Gasteiger partial charge in [-0.05, 0) is 61.8 Å². The lowest BCUT2D eigenvalue weighted by atomic mass is 9.80. The molecule has 1 aliphatic carbocycles. The molecule has 1 aromatic carbocycles. The van der Waals surface area contributed by atoms with Gasteiger partial charge < -0.3 is 10.1 Å². The predicted octanol–water partition coefficient (Wildman–Crippen LogP) is 3.29. The van der Waals surface area contributed by atoms with E-state index in [0.717, 1.165) is 30.4 Å². The normalized spacial score (nSPS) is 26.4. The first kappa shape index (κ1) is 12.3. The van der Waals surface area contributed by atoms with Crippen LogP contribution in [0.4, 0.5) is 0 Å². The first-order valence-corrected chi connectivity index (χ1v) is 7.82. The molecule has 3 aliphatic rings. The van der Waals surface area contributed by atoms with E-state index in [-0.39, 0.29) is 0 Å². The summed E-state index contributed by atoms with van der Waals surface area (Å²) in [6.07, 6.45) is 8.88. The zero-order valence-corrected chi connectivity index (χ0v) is 11.8. The molecule has 20 heavy (non-hydrogen) atoms. The average molecular weight is 270 g/mol. The van der Waals surface area contributed by atoms with Crippen LogP contribution in [0.3, 0.4) is 0 Å². The van der Waals surface area contributed by atoms with Crippen molar-refractivity contribution in [2.24, 2.45) is 5.92 Å². The molecule has 1 aromatic heterocycles. The molecule has 0 spiro atoms. The van der Waals surface area contributed by atoms with E-state index in [9.17, 15) is 5.11 Å². The summed E-state index contributed by atoms with van der Waals surface area (Å²) in [7, 11) is 0. The quantitative estimate of drug-likeness (QED) is 0.898. The van der Waals surface area contributed by atoms with Gasteiger partial charge in [-0.25, -0.2) is 0 Å². The van der Waals surface area contributed by atoms with Crippen molar-refractivity contribution in [2.45, 2.75) is 38.1 Å². The van der Waals surface area contributed by atoms with Gasteiger partial charge in [0, 0.05) is 36.2 Å². The summed E-state index contributed by atoms with van der Waals surface area (Å²) in [4.78, 5) is 6.00. The third-order valence-corrected chi connectivity index (χ3v) is 5.24. The number of phenolic OH excluding ortho intramolecular Hbond substituents is 1. The molecule has 2 bridgehead atoms. The van der Waals surface area contributed by atoms with Crippen LogP contribution in [0.1, 0.15) is 31.2 Å². The van der Waals surface area contributed by atoms with E-state index in [0.29, 0.717) is 5.75 Å². The van der Waals surface area contributed by atoms with Crippen molar-refractivity contribution in [3.63, 3.8) is 0 Å². The van der Waals surface area contributed by atoms with Crippen molar-refractivity contribution in [3.8, 4) is 5.75 Å². The van der Waals surface area contributed by atoms with Crippen LogP contribution in [-0.4, -0.2) is 34.1 Å². The van der Waals surface area contributed by atoms with Crippen LogP contribution in [0.5, 0.6) is 5.75 Å². The molecule has 106 valence electrons. The van der Waals surface area contributed by atoms with E-state index in [2.05, 4.69) is 16.1 Å². The van der Waals surface area contributed by atoms with Crippen LogP contribution in [0.15, 0.2) is 24.4 Å². The number of nitrogens with zero attached hydrogens (tertiary/aromatic N) is 1. The molecule has 0 unspecified atom stereocenters. The fraction of sp³-hybridized carbons (Fsp3) is 0.529. The number of hydrogen-bond acceptors (Lipinski definition) is 2. The number of benzene rings is 1. The lowest BCUT2D eigenvalue weighted by Crippen LogP contribution is -2.48. The molecular formula is C17H22N2O. The molecule has 2 saturated heterocycles. The maximum atomic E-state index is 9.65. The third-order valence-electron chi connectivity index (χ3n) is 5.24. The molecule has 0 amide bonds. The summed E-state index contributed by atoms with van der Waals surface area (Å²) >= 11 is 0. The smallest absolute Gasteiger partial charge is 0.116 e. The Morgan fingerprint density at radius 3 is 2.80 bits per heavy atom. The number of nitrogens with one attached hydrogen (secondary N) is 1. The fourth-order valence-electron chi connectivity index (χ4n) is 4.08. The Kier molecular flexibility index (Phi) is 2.95. The maximum absolute atomic E-state index is 9.65. The average Bonchev–Trinajstić information content (AvgIpc) is 2.88. The predicted molar refractivity (Wildman–Crippen MR) is 81.0 cm³/mol. The summed E-state index contributed by atoms with van der Waals surface area (Å²) in [6.45, 7) is 2.46.